The maximum atomic E-state index is 9.37. The zero-order chi connectivity index (χ0) is 9.78. The van der Waals surface area contributed by atoms with Crippen LogP contribution in [0, 0.1) is 0 Å². The van der Waals surface area contributed by atoms with E-state index in [-0.39, 0.29) is 11.7 Å². The van der Waals surface area contributed by atoms with Crippen LogP contribution in [0.1, 0.15) is 20.8 Å². The Morgan fingerprint density at radius 2 is 1.75 bits per heavy atom. The van der Waals surface area contributed by atoms with E-state index >= 15 is 0 Å². The summed E-state index contributed by atoms with van der Waals surface area (Å²) in [6.45, 7) is 12.9. The van der Waals surface area contributed by atoms with E-state index in [1.165, 1.54) is 6.08 Å². The molecule has 0 aliphatic rings. The van der Waals surface area contributed by atoms with Gasteiger partial charge in [0.2, 0.25) is 0 Å². The lowest BCUT2D eigenvalue weighted by molar-refractivity contribution is -0.0755. The number of aliphatic hydroxyl groups excluding tert-OH is 1. The molecule has 0 aromatic heterocycles. The second-order valence-corrected chi connectivity index (χ2v) is 3.66. The van der Waals surface area contributed by atoms with Crippen molar-refractivity contribution >= 4 is 0 Å². The highest BCUT2D eigenvalue weighted by atomic mass is 16.5. The zero-order valence-electron chi connectivity index (χ0n) is 8.08. The van der Waals surface area contributed by atoms with E-state index in [1.807, 2.05) is 20.8 Å². The highest BCUT2D eigenvalue weighted by Gasteiger charge is 2.20. The average molecular weight is 170 g/mol. The minimum atomic E-state index is -0.679. The lowest BCUT2D eigenvalue weighted by Gasteiger charge is -2.27. The van der Waals surface area contributed by atoms with Crippen LogP contribution in [0.25, 0.3) is 0 Å². The van der Waals surface area contributed by atoms with Crippen molar-refractivity contribution in [1.82, 2.24) is 0 Å². The topological polar surface area (TPSA) is 29.5 Å². The van der Waals surface area contributed by atoms with Crippen molar-refractivity contribution in [1.29, 1.82) is 0 Å². The molecule has 2 heteroatoms. The Morgan fingerprint density at radius 1 is 1.25 bits per heavy atom. The Bertz CT molecular complexity index is 156. The van der Waals surface area contributed by atoms with Gasteiger partial charge in [-0.3, -0.25) is 0 Å². The molecule has 0 bridgehead atoms. The molecule has 0 saturated heterocycles. The van der Waals surface area contributed by atoms with Crippen LogP contribution in [0.4, 0.5) is 0 Å². The van der Waals surface area contributed by atoms with Crippen LogP contribution in [0.5, 0.6) is 0 Å². The summed E-state index contributed by atoms with van der Waals surface area (Å²) >= 11 is 0. The zero-order valence-corrected chi connectivity index (χ0v) is 8.08. The normalized spacial score (nSPS) is 16.7. The van der Waals surface area contributed by atoms with E-state index in [9.17, 15) is 5.11 Å². The molecule has 70 valence electrons. The monoisotopic (exact) mass is 170 g/mol. The van der Waals surface area contributed by atoms with Gasteiger partial charge in [0.25, 0.3) is 0 Å². The fourth-order valence-corrected chi connectivity index (χ4v) is 0.800. The van der Waals surface area contributed by atoms with Crippen LogP contribution in [0.2, 0.25) is 0 Å². The highest BCUT2D eigenvalue weighted by Crippen LogP contribution is 2.14. The van der Waals surface area contributed by atoms with Gasteiger partial charge in [0.15, 0.2) is 0 Å². The molecule has 0 aliphatic heterocycles. The second-order valence-electron chi connectivity index (χ2n) is 3.66. The molecule has 12 heavy (non-hydrogen) atoms. The third kappa shape index (κ3) is 4.31. The van der Waals surface area contributed by atoms with Crippen molar-refractivity contribution in [3.63, 3.8) is 0 Å². The molecular weight excluding hydrogens is 152 g/mol. The molecule has 0 aliphatic carbocycles. The predicted octanol–water partition coefficient (Wildman–Crippen LogP) is 1.90. The fraction of sp³-hybridized carbons (Fsp3) is 0.600. The quantitative estimate of drug-likeness (QED) is 0.653. The highest BCUT2D eigenvalue weighted by molar-refractivity contribution is 4.95. The van der Waals surface area contributed by atoms with Crippen LogP contribution in [0.15, 0.2) is 25.3 Å². The van der Waals surface area contributed by atoms with E-state index in [0.717, 1.165) is 0 Å². The molecule has 0 heterocycles. The molecular formula is C10H18O2. The molecule has 0 radical (unpaired) electrons. The first kappa shape index (κ1) is 11.4. The SMILES string of the molecule is C=CC(O)C(C=C)OC(C)(C)C. The van der Waals surface area contributed by atoms with Gasteiger partial charge >= 0.3 is 0 Å². The Morgan fingerprint density at radius 3 is 2.00 bits per heavy atom. The van der Waals surface area contributed by atoms with E-state index in [2.05, 4.69) is 13.2 Å². The van der Waals surface area contributed by atoms with Crippen molar-refractivity contribution in [3.8, 4) is 0 Å². The minimum absolute atomic E-state index is 0.275. The Balaban J connectivity index is 4.17. The first-order chi connectivity index (χ1) is 5.40. The molecule has 0 aromatic carbocycles. The lowest BCUT2D eigenvalue weighted by Crippen LogP contribution is -2.33. The Kier molecular flexibility index (Phi) is 4.21. The van der Waals surface area contributed by atoms with Gasteiger partial charge in [0.05, 0.1) is 5.60 Å². The molecule has 0 amide bonds. The standard InChI is InChI=1S/C10H18O2/c1-6-8(11)9(7-2)12-10(3,4)5/h6-9,11H,1-2H2,3-5H3. The Hall–Kier alpha value is -0.600. The third-order valence-corrected chi connectivity index (χ3v) is 1.30. The summed E-state index contributed by atoms with van der Waals surface area (Å²) in [7, 11) is 0. The fourth-order valence-electron chi connectivity index (χ4n) is 0.800. The molecule has 0 aromatic rings. The molecule has 2 nitrogen and oxygen atoms in total. The summed E-state index contributed by atoms with van der Waals surface area (Å²) in [6.07, 6.45) is 1.97. The van der Waals surface area contributed by atoms with Gasteiger partial charge in [0, 0.05) is 0 Å². The van der Waals surface area contributed by atoms with Crippen molar-refractivity contribution < 1.29 is 9.84 Å². The smallest absolute Gasteiger partial charge is 0.105 e. The Labute approximate surface area is 74.6 Å². The van der Waals surface area contributed by atoms with Gasteiger partial charge in [-0.05, 0) is 20.8 Å². The third-order valence-electron chi connectivity index (χ3n) is 1.30. The minimum Gasteiger partial charge on any atom is -0.386 e. The predicted molar refractivity (Wildman–Crippen MR) is 51.0 cm³/mol. The van der Waals surface area contributed by atoms with E-state index < -0.39 is 6.10 Å². The second kappa shape index (κ2) is 4.43. The van der Waals surface area contributed by atoms with Gasteiger partial charge in [-0.2, -0.15) is 0 Å². The number of aliphatic hydroxyl groups is 1. The van der Waals surface area contributed by atoms with Gasteiger partial charge in [-0.25, -0.2) is 0 Å². The lowest BCUT2D eigenvalue weighted by atomic mass is 10.1. The van der Waals surface area contributed by atoms with Crippen LogP contribution in [-0.4, -0.2) is 22.9 Å². The molecule has 2 unspecified atom stereocenters. The summed E-state index contributed by atoms with van der Waals surface area (Å²) in [5.74, 6) is 0. The van der Waals surface area contributed by atoms with Crippen LogP contribution in [-0.2, 0) is 4.74 Å². The van der Waals surface area contributed by atoms with Gasteiger partial charge in [-0.1, -0.05) is 12.2 Å². The summed E-state index contributed by atoms with van der Waals surface area (Å²) in [5, 5.41) is 9.37. The number of hydrogen-bond acceptors (Lipinski definition) is 2. The first-order valence-corrected chi connectivity index (χ1v) is 4.01. The summed E-state index contributed by atoms with van der Waals surface area (Å²) < 4.78 is 5.50. The molecule has 0 spiro atoms. The molecule has 2 atom stereocenters. The maximum absolute atomic E-state index is 9.37. The van der Waals surface area contributed by atoms with Crippen molar-refractivity contribution in [2.24, 2.45) is 0 Å². The molecule has 1 N–H and O–H groups in total. The molecule has 0 fully saturated rings. The largest absolute Gasteiger partial charge is 0.386 e. The average Bonchev–Trinajstić information content (AvgIpc) is 1.97. The summed E-state index contributed by atoms with van der Waals surface area (Å²) in [4.78, 5) is 0. The van der Waals surface area contributed by atoms with Crippen LogP contribution in [0.3, 0.4) is 0 Å². The first-order valence-electron chi connectivity index (χ1n) is 4.01. The van der Waals surface area contributed by atoms with Crippen molar-refractivity contribution in [3.05, 3.63) is 25.3 Å². The van der Waals surface area contributed by atoms with E-state index in [1.54, 1.807) is 6.08 Å². The number of rotatable bonds is 4. The van der Waals surface area contributed by atoms with Crippen LogP contribution < -0.4 is 0 Å². The van der Waals surface area contributed by atoms with E-state index in [4.69, 9.17) is 4.74 Å². The summed E-state index contributed by atoms with van der Waals surface area (Å²) in [5.41, 5.74) is -0.275. The van der Waals surface area contributed by atoms with Gasteiger partial charge in [0.1, 0.15) is 12.2 Å². The van der Waals surface area contributed by atoms with Crippen LogP contribution >= 0.6 is 0 Å². The van der Waals surface area contributed by atoms with Crippen molar-refractivity contribution in [2.75, 3.05) is 0 Å². The van der Waals surface area contributed by atoms with E-state index in [0.29, 0.717) is 0 Å². The van der Waals surface area contributed by atoms with Gasteiger partial charge in [-0.15, -0.1) is 13.2 Å². The number of ether oxygens (including phenoxy) is 1. The number of hydrogen-bond donors (Lipinski definition) is 1. The maximum Gasteiger partial charge on any atom is 0.105 e. The van der Waals surface area contributed by atoms with Crippen molar-refractivity contribution in [2.45, 2.75) is 38.6 Å². The molecule has 0 rings (SSSR count). The molecule has 0 saturated carbocycles. The van der Waals surface area contributed by atoms with Gasteiger partial charge < -0.3 is 9.84 Å². The summed E-state index contributed by atoms with van der Waals surface area (Å²) in [6, 6.07) is 0.